The number of benzene rings is 1. The lowest BCUT2D eigenvalue weighted by Crippen LogP contribution is -2.76. The summed E-state index contributed by atoms with van der Waals surface area (Å²) >= 11 is 0. The van der Waals surface area contributed by atoms with Crippen LogP contribution in [-0.4, -0.2) is 69.8 Å². The third-order valence-corrected chi connectivity index (χ3v) is 9.07. The number of likely N-dealkylation sites (N-methyl/N-ethyl adjacent to an activating group) is 1. The van der Waals surface area contributed by atoms with Crippen LogP contribution < -0.4 is 4.74 Å². The summed E-state index contributed by atoms with van der Waals surface area (Å²) in [6.45, 7) is 1.89. The fourth-order valence-corrected chi connectivity index (χ4v) is 7.15. The number of piperidine rings is 1. The van der Waals surface area contributed by atoms with Crippen molar-refractivity contribution >= 4 is 12.0 Å². The molecule has 3 aliphatic carbocycles. The highest BCUT2D eigenvalue weighted by Crippen LogP contribution is 2.64. The van der Waals surface area contributed by atoms with E-state index in [9.17, 15) is 15.0 Å². The third kappa shape index (κ3) is 2.82. The quantitative estimate of drug-likeness (QED) is 0.512. The minimum absolute atomic E-state index is 0.0508. The van der Waals surface area contributed by atoms with Gasteiger partial charge in [0.05, 0.1) is 24.0 Å². The summed E-state index contributed by atoms with van der Waals surface area (Å²) < 4.78 is 11.6. The molecule has 2 N–H and O–H groups in total. The van der Waals surface area contributed by atoms with E-state index < -0.39 is 17.1 Å². The van der Waals surface area contributed by atoms with Gasteiger partial charge >= 0.3 is 0 Å². The summed E-state index contributed by atoms with van der Waals surface area (Å²) in [5.41, 5.74) is 1.07. The summed E-state index contributed by atoms with van der Waals surface area (Å²) in [7, 11) is 1.77. The second-order valence-corrected chi connectivity index (χ2v) is 10.9. The first kappa shape index (κ1) is 21.3. The van der Waals surface area contributed by atoms with Gasteiger partial charge in [0.2, 0.25) is 5.91 Å². The lowest BCUT2D eigenvalue weighted by Gasteiger charge is -2.62. The number of ether oxygens (including phenoxy) is 1. The van der Waals surface area contributed by atoms with Crippen LogP contribution in [0.15, 0.2) is 53.4 Å². The first-order valence-electron chi connectivity index (χ1n) is 12.6. The average Bonchev–Trinajstić information content (AvgIpc) is 3.36. The number of phenolic OH excluding ortho intramolecular Hbond substituents is 1. The Kier molecular flexibility index (Phi) is 4.40. The normalized spacial score (nSPS) is 34.6. The van der Waals surface area contributed by atoms with E-state index in [1.165, 1.54) is 18.9 Å². The molecule has 2 aliphatic heterocycles. The highest BCUT2D eigenvalue weighted by atomic mass is 16.5. The highest BCUT2D eigenvalue weighted by molar-refractivity contribution is 5.92. The van der Waals surface area contributed by atoms with Gasteiger partial charge < -0.3 is 24.3 Å². The van der Waals surface area contributed by atoms with Crippen molar-refractivity contribution in [2.24, 2.45) is 5.92 Å². The molecule has 5 aliphatic rings. The summed E-state index contributed by atoms with van der Waals surface area (Å²) in [4.78, 5) is 17.3. The van der Waals surface area contributed by atoms with Crippen LogP contribution >= 0.6 is 0 Å². The highest BCUT2D eigenvalue weighted by Gasteiger charge is 2.72. The van der Waals surface area contributed by atoms with E-state index in [0.29, 0.717) is 12.2 Å². The molecule has 35 heavy (non-hydrogen) atoms. The number of amides is 1. The van der Waals surface area contributed by atoms with Crippen molar-refractivity contribution in [3.63, 3.8) is 0 Å². The first-order valence-corrected chi connectivity index (χ1v) is 12.6. The second kappa shape index (κ2) is 7.24. The lowest BCUT2D eigenvalue weighted by atomic mass is 9.50. The van der Waals surface area contributed by atoms with Gasteiger partial charge in [-0.15, -0.1) is 0 Å². The van der Waals surface area contributed by atoms with Crippen molar-refractivity contribution in [3.8, 4) is 11.5 Å². The number of aliphatic hydroxyl groups is 1. The van der Waals surface area contributed by atoms with Gasteiger partial charge in [-0.1, -0.05) is 18.2 Å². The molecule has 7 nitrogen and oxygen atoms in total. The van der Waals surface area contributed by atoms with Crippen molar-refractivity contribution in [2.45, 2.75) is 54.9 Å². The number of nitrogens with zero attached hydrogens (tertiary/aromatic N) is 2. The molecule has 0 unspecified atom stereocenters. The predicted molar refractivity (Wildman–Crippen MR) is 129 cm³/mol. The van der Waals surface area contributed by atoms with E-state index >= 15 is 0 Å². The van der Waals surface area contributed by atoms with Crippen molar-refractivity contribution in [1.29, 1.82) is 0 Å². The Bertz CT molecular complexity index is 1250. The van der Waals surface area contributed by atoms with E-state index in [0.717, 1.165) is 42.1 Å². The number of likely N-dealkylation sites (tertiary alicyclic amines) is 1. The van der Waals surface area contributed by atoms with Gasteiger partial charge in [0.1, 0.15) is 11.7 Å². The molecule has 1 saturated carbocycles. The molecule has 5 atom stereocenters. The predicted octanol–water partition coefficient (Wildman–Crippen LogP) is 2.87. The minimum atomic E-state index is -1.12. The van der Waals surface area contributed by atoms with Crippen molar-refractivity contribution in [3.05, 3.63) is 65.6 Å². The Balaban J connectivity index is 1.30. The topological polar surface area (TPSA) is 86.4 Å². The van der Waals surface area contributed by atoms with Crippen LogP contribution in [0.5, 0.6) is 11.5 Å². The average molecular weight is 475 g/mol. The number of aromatic hydroxyl groups is 1. The van der Waals surface area contributed by atoms with Gasteiger partial charge in [-0.05, 0) is 61.9 Å². The largest absolute Gasteiger partial charge is 0.504 e. The van der Waals surface area contributed by atoms with Crippen LogP contribution in [0.1, 0.15) is 36.0 Å². The molecule has 1 spiro atoms. The van der Waals surface area contributed by atoms with E-state index in [-0.39, 0.29) is 23.7 Å². The Morgan fingerprint density at radius 3 is 2.94 bits per heavy atom. The molecule has 2 bridgehead atoms. The zero-order chi connectivity index (χ0) is 23.9. The fraction of sp³-hybridized carbons (Fsp3) is 0.464. The van der Waals surface area contributed by atoms with Gasteiger partial charge in [0.15, 0.2) is 11.5 Å². The molecule has 2 aromatic rings. The number of furan rings is 1. The van der Waals surface area contributed by atoms with Crippen LogP contribution in [0, 0.1) is 5.92 Å². The minimum Gasteiger partial charge on any atom is -0.504 e. The summed E-state index contributed by atoms with van der Waals surface area (Å²) in [6.07, 6.45) is 13.8. The van der Waals surface area contributed by atoms with Crippen LogP contribution in [0.4, 0.5) is 0 Å². The number of hydrogen-bond donors (Lipinski definition) is 2. The number of phenols is 1. The summed E-state index contributed by atoms with van der Waals surface area (Å²) in [6, 6.07) is 5.06. The summed E-state index contributed by atoms with van der Waals surface area (Å²) in [5.74, 6) is 1.14. The zero-order valence-electron chi connectivity index (χ0n) is 19.8. The van der Waals surface area contributed by atoms with E-state index in [1.54, 1.807) is 42.7 Å². The van der Waals surface area contributed by atoms with Crippen molar-refractivity contribution in [1.82, 2.24) is 9.80 Å². The molecule has 1 saturated heterocycles. The van der Waals surface area contributed by atoms with Crippen molar-refractivity contribution in [2.75, 3.05) is 20.1 Å². The Labute approximate surface area is 204 Å². The van der Waals surface area contributed by atoms with Crippen LogP contribution in [0.2, 0.25) is 0 Å². The van der Waals surface area contributed by atoms with Gasteiger partial charge in [0, 0.05) is 36.8 Å². The van der Waals surface area contributed by atoms with Gasteiger partial charge in [0.25, 0.3) is 0 Å². The van der Waals surface area contributed by atoms with E-state index in [4.69, 9.17) is 9.15 Å². The molecule has 1 aromatic carbocycles. The monoisotopic (exact) mass is 474 g/mol. The first-order chi connectivity index (χ1) is 16.9. The summed E-state index contributed by atoms with van der Waals surface area (Å²) in [5, 5.41) is 23.2. The van der Waals surface area contributed by atoms with Gasteiger partial charge in [-0.3, -0.25) is 9.69 Å². The zero-order valence-corrected chi connectivity index (χ0v) is 19.8. The molecule has 3 heterocycles. The lowest BCUT2D eigenvalue weighted by molar-refractivity contribution is -0.154. The number of hydrogen-bond acceptors (Lipinski definition) is 6. The Morgan fingerprint density at radius 2 is 2.17 bits per heavy atom. The maximum Gasteiger partial charge on any atom is 0.246 e. The molecule has 2 fully saturated rings. The molecule has 7 rings (SSSR count). The van der Waals surface area contributed by atoms with Gasteiger partial charge in [-0.25, -0.2) is 0 Å². The van der Waals surface area contributed by atoms with Gasteiger partial charge in [-0.2, -0.15) is 0 Å². The van der Waals surface area contributed by atoms with Crippen molar-refractivity contribution < 1.29 is 24.2 Å². The maximum atomic E-state index is 13.2. The molecular weight excluding hydrogens is 444 g/mol. The maximum absolute atomic E-state index is 13.2. The third-order valence-electron chi connectivity index (χ3n) is 9.07. The number of carbonyl (C=O) groups excluding carboxylic acids is 1. The van der Waals surface area contributed by atoms with Crippen LogP contribution in [0.25, 0.3) is 6.08 Å². The molecular formula is C28H30N2O5. The molecule has 1 amide bonds. The van der Waals surface area contributed by atoms with Crippen LogP contribution in [0.3, 0.4) is 0 Å². The SMILES string of the molecule is CN(C(=O)/C=C/c1ccoc1)[C@H]1C=C[C@@]2(O)[C@@H]3Cc4ccc(O)c5c4[C@@]2(CCN3CC2CC2)[C@H]1O5. The number of rotatable bonds is 5. The van der Waals surface area contributed by atoms with Crippen LogP contribution in [-0.2, 0) is 16.6 Å². The Morgan fingerprint density at radius 1 is 1.31 bits per heavy atom. The van der Waals surface area contributed by atoms with E-state index in [2.05, 4.69) is 4.90 Å². The molecule has 7 heteroatoms. The molecule has 1 aromatic heterocycles. The number of carbonyl (C=O) groups is 1. The molecule has 0 radical (unpaired) electrons. The second-order valence-electron chi connectivity index (χ2n) is 10.9. The Hall–Kier alpha value is -3.03. The fourth-order valence-electron chi connectivity index (χ4n) is 7.15. The standard InChI is InChI=1S/C28H30N2O5/c1-29(23(32)7-4-18-9-13-34-16-18)20-8-10-28(33)22-14-19-5-6-21(31)25-24(19)27(28,26(20)35-25)11-12-30(22)15-17-2-3-17/h4-10,13,16-17,20,22,26,31,33H,2-3,11-12,14-15H2,1H3/b7-4+/t20-,22-,26-,27-,28+/m0/s1. The molecule has 182 valence electrons. The van der Waals surface area contributed by atoms with E-state index in [1.807, 2.05) is 18.2 Å². The smallest absolute Gasteiger partial charge is 0.246 e.